The van der Waals surface area contributed by atoms with E-state index in [0.29, 0.717) is 0 Å². The second-order valence-electron chi connectivity index (χ2n) is 4.89. The first-order valence-corrected chi connectivity index (χ1v) is 6.39. The molecule has 2 aliphatic rings. The third kappa shape index (κ3) is 3.44. The first-order valence-electron chi connectivity index (χ1n) is 6.39. The lowest BCUT2D eigenvalue weighted by Crippen LogP contribution is -2.45. The summed E-state index contributed by atoms with van der Waals surface area (Å²) in [5, 5.41) is 7.17. The van der Waals surface area contributed by atoms with Crippen molar-refractivity contribution in [2.24, 2.45) is 0 Å². The molecule has 2 rings (SSSR count). The van der Waals surface area contributed by atoms with Crippen LogP contribution in [0.15, 0.2) is 0 Å². The summed E-state index contributed by atoms with van der Waals surface area (Å²) < 4.78 is 5.37. The molecule has 1 aliphatic carbocycles. The van der Waals surface area contributed by atoms with E-state index in [1.54, 1.807) is 0 Å². The molecule has 0 aromatic rings. The van der Waals surface area contributed by atoms with Crippen molar-refractivity contribution < 1.29 is 4.74 Å². The van der Waals surface area contributed by atoms with E-state index in [1.807, 2.05) is 0 Å². The molecule has 1 saturated carbocycles. The van der Waals surface area contributed by atoms with Gasteiger partial charge in [-0.2, -0.15) is 0 Å². The molecule has 3 nitrogen and oxygen atoms in total. The predicted octanol–water partition coefficient (Wildman–Crippen LogP) is 1.29. The summed E-state index contributed by atoms with van der Waals surface area (Å²) in [7, 11) is 2.08. The van der Waals surface area contributed by atoms with Crippen LogP contribution in [0.5, 0.6) is 0 Å². The fraction of sp³-hybridized carbons (Fsp3) is 1.00. The average molecular weight is 212 g/mol. The van der Waals surface area contributed by atoms with E-state index in [0.717, 1.165) is 31.3 Å². The highest BCUT2D eigenvalue weighted by molar-refractivity contribution is 4.83. The van der Waals surface area contributed by atoms with Gasteiger partial charge in [-0.1, -0.05) is 0 Å². The summed E-state index contributed by atoms with van der Waals surface area (Å²) in [5.74, 6) is 0. The van der Waals surface area contributed by atoms with Gasteiger partial charge in [0.05, 0.1) is 0 Å². The number of hydrogen-bond acceptors (Lipinski definition) is 3. The minimum absolute atomic E-state index is 0.717. The van der Waals surface area contributed by atoms with Crippen LogP contribution >= 0.6 is 0 Å². The molecule has 1 saturated heterocycles. The Labute approximate surface area is 93.0 Å². The van der Waals surface area contributed by atoms with Crippen LogP contribution in [0, 0.1) is 0 Å². The fourth-order valence-corrected chi connectivity index (χ4v) is 2.75. The van der Waals surface area contributed by atoms with Gasteiger partial charge >= 0.3 is 0 Å². The Bertz CT molecular complexity index is 172. The Morgan fingerprint density at radius 3 is 1.93 bits per heavy atom. The van der Waals surface area contributed by atoms with Gasteiger partial charge in [-0.25, -0.2) is 0 Å². The summed E-state index contributed by atoms with van der Waals surface area (Å²) in [6.45, 7) is 1.90. The first kappa shape index (κ1) is 11.4. The maximum Gasteiger partial charge on any atom is 0.0480 e. The van der Waals surface area contributed by atoms with E-state index < -0.39 is 0 Å². The molecule has 0 spiro atoms. The molecular formula is C12H24N2O. The average Bonchev–Trinajstić information content (AvgIpc) is 2.31. The summed E-state index contributed by atoms with van der Waals surface area (Å²) in [4.78, 5) is 0. The van der Waals surface area contributed by atoms with Crippen LogP contribution < -0.4 is 10.6 Å². The standard InChI is InChI=1S/C12H24N2O/c1-13-10-2-4-11(5-3-10)14-12-6-8-15-9-7-12/h10-14H,2-9H2,1H3. The highest BCUT2D eigenvalue weighted by atomic mass is 16.5. The van der Waals surface area contributed by atoms with Gasteiger partial charge in [-0.3, -0.25) is 0 Å². The lowest BCUT2D eigenvalue weighted by atomic mass is 9.90. The fourth-order valence-electron chi connectivity index (χ4n) is 2.75. The summed E-state index contributed by atoms with van der Waals surface area (Å²) >= 11 is 0. The second-order valence-corrected chi connectivity index (χ2v) is 4.89. The van der Waals surface area contributed by atoms with Crippen LogP contribution in [0.4, 0.5) is 0 Å². The minimum atomic E-state index is 0.717. The Morgan fingerprint density at radius 2 is 1.33 bits per heavy atom. The van der Waals surface area contributed by atoms with E-state index in [-0.39, 0.29) is 0 Å². The maximum absolute atomic E-state index is 5.37. The number of ether oxygens (including phenoxy) is 1. The second kappa shape index (κ2) is 5.83. The van der Waals surface area contributed by atoms with Crippen molar-refractivity contribution in [2.45, 2.75) is 56.7 Å². The first-order chi connectivity index (χ1) is 7.38. The van der Waals surface area contributed by atoms with Crippen LogP contribution in [0.25, 0.3) is 0 Å². The molecule has 0 unspecified atom stereocenters. The van der Waals surface area contributed by atoms with Crippen molar-refractivity contribution in [2.75, 3.05) is 20.3 Å². The number of nitrogens with one attached hydrogen (secondary N) is 2. The van der Waals surface area contributed by atoms with Gasteiger partial charge in [-0.05, 0) is 45.6 Å². The SMILES string of the molecule is CNC1CCC(NC2CCOCC2)CC1. The molecule has 15 heavy (non-hydrogen) atoms. The van der Waals surface area contributed by atoms with Crippen LogP contribution in [0.1, 0.15) is 38.5 Å². The zero-order valence-corrected chi connectivity index (χ0v) is 9.80. The summed E-state index contributed by atoms with van der Waals surface area (Å²) in [6.07, 6.45) is 7.73. The number of hydrogen-bond donors (Lipinski definition) is 2. The van der Waals surface area contributed by atoms with Gasteiger partial charge < -0.3 is 15.4 Å². The molecule has 0 atom stereocenters. The molecule has 0 bridgehead atoms. The molecular weight excluding hydrogens is 188 g/mol. The van der Waals surface area contributed by atoms with Crippen LogP contribution in [0.2, 0.25) is 0 Å². The summed E-state index contributed by atoms with van der Waals surface area (Å²) in [6, 6.07) is 2.24. The minimum Gasteiger partial charge on any atom is -0.381 e. The Kier molecular flexibility index (Phi) is 4.42. The normalized spacial score (nSPS) is 34.2. The van der Waals surface area contributed by atoms with Crippen molar-refractivity contribution in [1.29, 1.82) is 0 Å². The molecule has 88 valence electrons. The number of rotatable bonds is 3. The predicted molar refractivity (Wildman–Crippen MR) is 62.1 cm³/mol. The van der Waals surface area contributed by atoms with E-state index in [2.05, 4.69) is 17.7 Å². The van der Waals surface area contributed by atoms with Gasteiger partial charge in [0.25, 0.3) is 0 Å². The molecule has 1 heterocycles. The van der Waals surface area contributed by atoms with Crippen molar-refractivity contribution in [1.82, 2.24) is 10.6 Å². The van der Waals surface area contributed by atoms with Crippen molar-refractivity contribution in [3.8, 4) is 0 Å². The molecule has 0 amide bonds. The van der Waals surface area contributed by atoms with E-state index in [1.165, 1.54) is 38.5 Å². The van der Waals surface area contributed by atoms with Gasteiger partial charge in [-0.15, -0.1) is 0 Å². The van der Waals surface area contributed by atoms with E-state index in [4.69, 9.17) is 4.74 Å². The lowest BCUT2D eigenvalue weighted by Gasteiger charge is -2.33. The summed E-state index contributed by atoms with van der Waals surface area (Å²) in [5.41, 5.74) is 0. The molecule has 2 N–H and O–H groups in total. The van der Waals surface area contributed by atoms with Gasteiger partial charge in [0, 0.05) is 31.3 Å². The smallest absolute Gasteiger partial charge is 0.0480 e. The lowest BCUT2D eigenvalue weighted by molar-refractivity contribution is 0.0727. The molecule has 0 radical (unpaired) electrons. The third-order valence-corrected chi connectivity index (χ3v) is 3.83. The molecule has 1 aliphatic heterocycles. The van der Waals surface area contributed by atoms with Gasteiger partial charge in [0.2, 0.25) is 0 Å². The topological polar surface area (TPSA) is 33.3 Å². The monoisotopic (exact) mass is 212 g/mol. The third-order valence-electron chi connectivity index (χ3n) is 3.83. The Balaban J connectivity index is 1.67. The molecule has 3 heteroatoms. The highest BCUT2D eigenvalue weighted by Gasteiger charge is 2.23. The zero-order chi connectivity index (χ0) is 10.5. The van der Waals surface area contributed by atoms with Gasteiger partial charge in [0.1, 0.15) is 0 Å². The van der Waals surface area contributed by atoms with Crippen LogP contribution in [-0.2, 0) is 4.74 Å². The molecule has 0 aromatic heterocycles. The van der Waals surface area contributed by atoms with Crippen molar-refractivity contribution in [3.05, 3.63) is 0 Å². The largest absolute Gasteiger partial charge is 0.381 e. The van der Waals surface area contributed by atoms with Crippen LogP contribution in [0.3, 0.4) is 0 Å². The Morgan fingerprint density at radius 1 is 0.800 bits per heavy atom. The van der Waals surface area contributed by atoms with E-state index >= 15 is 0 Å². The highest BCUT2D eigenvalue weighted by Crippen LogP contribution is 2.20. The zero-order valence-electron chi connectivity index (χ0n) is 9.80. The molecule has 0 aromatic carbocycles. The van der Waals surface area contributed by atoms with Crippen molar-refractivity contribution in [3.63, 3.8) is 0 Å². The van der Waals surface area contributed by atoms with E-state index in [9.17, 15) is 0 Å². The quantitative estimate of drug-likeness (QED) is 0.739. The molecule has 2 fully saturated rings. The van der Waals surface area contributed by atoms with Gasteiger partial charge in [0.15, 0.2) is 0 Å². The Hall–Kier alpha value is -0.120. The maximum atomic E-state index is 5.37. The van der Waals surface area contributed by atoms with Crippen LogP contribution in [-0.4, -0.2) is 38.4 Å². The van der Waals surface area contributed by atoms with Crippen molar-refractivity contribution >= 4 is 0 Å².